The number of amides is 2. The number of hydrogen-bond donors (Lipinski definition) is 2. The van der Waals surface area contributed by atoms with Crippen molar-refractivity contribution in [2.24, 2.45) is 0 Å². The monoisotopic (exact) mass is 471 g/mol. The van der Waals surface area contributed by atoms with Gasteiger partial charge < -0.3 is 20.4 Å². The maximum Gasteiger partial charge on any atom is 0.313 e. The number of halogens is 2. The van der Waals surface area contributed by atoms with Crippen LogP contribution in [-0.2, 0) is 16.0 Å². The molecule has 0 bridgehead atoms. The van der Waals surface area contributed by atoms with Gasteiger partial charge in [0.15, 0.2) is 11.6 Å². The second-order valence-corrected chi connectivity index (χ2v) is 9.06. The molecule has 0 saturated carbocycles. The molecular formula is C25H31F2N5O2. The molecule has 4 rings (SSSR count). The number of aryl methyl sites for hydroxylation is 1. The van der Waals surface area contributed by atoms with E-state index in [2.05, 4.69) is 57.6 Å². The Bertz CT molecular complexity index is 1060. The van der Waals surface area contributed by atoms with Crippen LogP contribution in [0.3, 0.4) is 0 Å². The zero-order valence-corrected chi connectivity index (χ0v) is 19.6. The van der Waals surface area contributed by atoms with Crippen molar-refractivity contribution in [3.63, 3.8) is 0 Å². The number of piperazine rings is 1. The number of benzene rings is 2. The molecule has 2 heterocycles. The molecule has 7 nitrogen and oxygen atoms in total. The summed E-state index contributed by atoms with van der Waals surface area (Å²) in [6.07, 6.45) is 2.12. The fourth-order valence-corrected chi connectivity index (χ4v) is 4.64. The predicted octanol–water partition coefficient (Wildman–Crippen LogP) is 2.39. The van der Waals surface area contributed by atoms with Crippen molar-refractivity contribution in [1.29, 1.82) is 0 Å². The van der Waals surface area contributed by atoms with E-state index in [9.17, 15) is 18.4 Å². The van der Waals surface area contributed by atoms with Gasteiger partial charge >= 0.3 is 11.8 Å². The smallest absolute Gasteiger partial charge is 0.313 e. The van der Waals surface area contributed by atoms with Crippen LogP contribution in [0.5, 0.6) is 0 Å². The minimum Gasteiger partial charge on any atom is -0.374 e. The number of anilines is 2. The first kappa shape index (κ1) is 24.1. The highest BCUT2D eigenvalue weighted by Gasteiger charge is 2.27. The summed E-state index contributed by atoms with van der Waals surface area (Å²) in [5.74, 6) is -3.85. The fourth-order valence-electron chi connectivity index (χ4n) is 4.64. The van der Waals surface area contributed by atoms with Crippen molar-refractivity contribution >= 4 is 23.2 Å². The first-order valence-electron chi connectivity index (χ1n) is 11.6. The maximum absolute atomic E-state index is 13.4. The Morgan fingerprint density at radius 3 is 2.44 bits per heavy atom. The lowest BCUT2D eigenvalue weighted by Crippen LogP contribution is -2.49. The summed E-state index contributed by atoms with van der Waals surface area (Å²) in [6, 6.07) is 9.35. The third kappa shape index (κ3) is 5.53. The number of hydrogen-bond acceptors (Lipinski definition) is 5. The average Bonchev–Trinajstić information content (AvgIpc) is 2.82. The van der Waals surface area contributed by atoms with E-state index in [0.717, 1.165) is 63.3 Å². The Labute approximate surface area is 198 Å². The normalized spacial score (nSPS) is 17.7. The summed E-state index contributed by atoms with van der Waals surface area (Å²) >= 11 is 0. The van der Waals surface area contributed by atoms with Gasteiger partial charge in [-0.1, -0.05) is 12.1 Å². The molecule has 2 aliphatic rings. The van der Waals surface area contributed by atoms with Crippen LogP contribution in [0.25, 0.3) is 0 Å². The average molecular weight is 472 g/mol. The quantitative estimate of drug-likeness (QED) is 0.656. The SMILES string of the molecule is CN1CCN([C@@H](CNC(=O)C(=O)Nc2ccc(F)c(F)c2)c2ccc3c(c2)CCCN3C)CC1. The summed E-state index contributed by atoms with van der Waals surface area (Å²) < 4.78 is 26.5. The molecule has 0 unspecified atom stereocenters. The second-order valence-electron chi connectivity index (χ2n) is 9.06. The van der Waals surface area contributed by atoms with E-state index in [0.29, 0.717) is 0 Å². The van der Waals surface area contributed by atoms with Crippen molar-refractivity contribution in [2.75, 3.05) is 63.6 Å². The van der Waals surface area contributed by atoms with Crippen LogP contribution in [0.1, 0.15) is 23.6 Å². The van der Waals surface area contributed by atoms with Gasteiger partial charge in [0.2, 0.25) is 0 Å². The molecule has 1 fully saturated rings. The van der Waals surface area contributed by atoms with E-state index in [1.165, 1.54) is 17.3 Å². The van der Waals surface area contributed by atoms with Crippen LogP contribution in [0.2, 0.25) is 0 Å². The van der Waals surface area contributed by atoms with Crippen LogP contribution < -0.4 is 15.5 Å². The van der Waals surface area contributed by atoms with Crippen LogP contribution in [0.15, 0.2) is 36.4 Å². The minimum absolute atomic E-state index is 0.0217. The van der Waals surface area contributed by atoms with Gasteiger partial charge in [-0.25, -0.2) is 8.78 Å². The maximum atomic E-state index is 13.4. The van der Waals surface area contributed by atoms with Gasteiger partial charge in [-0.3, -0.25) is 14.5 Å². The first-order chi connectivity index (χ1) is 16.3. The molecule has 2 aliphatic heterocycles. The Kier molecular flexibility index (Phi) is 7.43. The molecule has 2 N–H and O–H groups in total. The van der Waals surface area contributed by atoms with Gasteiger partial charge in [0, 0.05) is 63.8 Å². The molecule has 2 aromatic carbocycles. The molecule has 9 heteroatoms. The predicted molar refractivity (Wildman–Crippen MR) is 128 cm³/mol. The number of nitrogens with zero attached hydrogens (tertiary/aromatic N) is 3. The zero-order valence-electron chi connectivity index (χ0n) is 19.6. The van der Waals surface area contributed by atoms with E-state index >= 15 is 0 Å². The molecule has 0 aromatic heterocycles. The standard InChI is InChI=1S/C25H31F2N5O2/c1-30-10-12-32(13-11-30)23(18-5-8-22-17(14-18)4-3-9-31(22)2)16-28-24(33)25(34)29-19-6-7-20(26)21(27)15-19/h5-8,14-15,23H,3-4,9-13,16H2,1-2H3,(H,28,33)(H,29,34)/t23-/m0/s1. The lowest BCUT2D eigenvalue weighted by Gasteiger charge is -2.39. The number of likely N-dealkylation sites (N-methyl/N-ethyl adjacent to an activating group) is 1. The van der Waals surface area contributed by atoms with E-state index in [1.807, 2.05) is 0 Å². The van der Waals surface area contributed by atoms with Gasteiger partial charge in [0.1, 0.15) is 0 Å². The zero-order chi connectivity index (χ0) is 24.2. The highest BCUT2D eigenvalue weighted by atomic mass is 19.2. The fraction of sp³-hybridized carbons (Fsp3) is 0.440. The van der Waals surface area contributed by atoms with Crippen molar-refractivity contribution in [1.82, 2.24) is 15.1 Å². The van der Waals surface area contributed by atoms with Crippen LogP contribution in [0.4, 0.5) is 20.2 Å². The van der Waals surface area contributed by atoms with Crippen molar-refractivity contribution in [2.45, 2.75) is 18.9 Å². The summed E-state index contributed by atoms with van der Waals surface area (Å²) in [7, 11) is 4.19. The molecular weight excluding hydrogens is 440 g/mol. The van der Waals surface area contributed by atoms with Gasteiger partial charge in [-0.15, -0.1) is 0 Å². The lowest BCUT2D eigenvalue weighted by molar-refractivity contribution is -0.136. The van der Waals surface area contributed by atoms with E-state index in [4.69, 9.17) is 0 Å². The highest BCUT2D eigenvalue weighted by Crippen LogP contribution is 2.31. The molecule has 1 saturated heterocycles. The first-order valence-corrected chi connectivity index (χ1v) is 11.6. The van der Waals surface area contributed by atoms with Crippen LogP contribution >= 0.6 is 0 Å². The number of carbonyl (C=O) groups is 2. The molecule has 1 atom stereocenters. The molecule has 0 radical (unpaired) electrons. The van der Waals surface area contributed by atoms with E-state index in [-0.39, 0.29) is 18.3 Å². The molecule has 2 aromatic rings. The van der Waals surface area contributed by atoms with E-state index < -0.39 is 23.4 Å². The number of rotatable bonds is 5. The Hall–Kier alpha value is -3.04. The van der Waals surface area contributed by atoms with Crippen LogP contribution in [-0.4, -0.2) is 75.0 Å². The van der Waals surface area contributed by atoms with Gasteiger partial charge in [-0.2, -0.15) is 0 Å². The summed E-state index contributed by atoms with van der Waals surface area (Å²) in [6.45, 7) is 4.87. The van der Waals surface area contributed by atoms with Gasteiger partial charge in [0.25, 0.3) is 0 Å². The summed E-state index contributed by atoms with van der Waals surface area (Å²) in [5.41, 5.74) is 3.67. The molecule has 0 aliphatic carbocycles. The van der Waals surface area contributed by atoms with Gasteiger partial charge in [-0.05, 0) is 49.2 Å². The Balaban J connectivity index is 1.47. The van der Waals surface area contributed by atoms with E-state index in [1.54, 1.807) is 0 Å². The Morgan fingerprint density at radius 1 is 0.941 bits per heavy atom. The van der Waals surface area contributed by atoms with Gasteiger partial charge in [0.05, 0.1) is 6.04 Å². The van der Waals surface area contributed by atoms with Crippen molar-refractivity contribution in [3.8, 4) is 0 Å². The van der Waals surface area contributed by atoms with Crippen LogP contribution in [0, 0.1) is 11.6 Å². The summed E-state index contributed by atoms with van der Waals surface area (Å²) in [4.78, 5) is 31.7. The number of fused-ring (bicyclic) bond motifs is 1. The minimum atomic E-state index is -1.09. The number of carbonyl (C=O) groups excluding carboxylic acids is 2. The van der Waals surface area contributed by atoms with Crippen molar-refractivity contribution in [3.05, 3.63) is 59.2 Å². The largest absolute Gasteiger partial charge is 0.374 e. The molecule has 182 valence electrons. The summed E-state index contributed by atoms with van der Waals surface area (Å²) in [5, 5.41) is 5.06. The molecule has 2 amide bonds. The molecule has 34 heavy (non-hydrogen) atoms. The third-order valence-corrected chi connectivity index (χ3v) is 6.66. The highest BCUT2D eigenvalue weighted by molar-refractivity contribution is 6.39. The van der Waals surface area contributed by atoms with Crippen molar-refractivity contribution < 1.29 is 18.4 Å². The lowest BCUT2D eigenvalue weighted by atomic mass is 9.95. The number of nitrogens with one attached hydrogen (secondary N) is 2. The Morgan fingerprint density at radius 2 is 1.71 bits per heavy atom. The topological polar surface area (TPSA) is 67.9 Å². The second kappa shape index (κ2) is 10.5. The third-order valence-electron chi connectivity index (χ3n) is 6.66. The molecule has 0 spiro atoms.